The number of rotatable bonds is 6. The minimum absolute atomic E-state index is 0.0334. The zero-order chi connectivity index (χ0) is 22.7. The quantitative estimate of drug-likeness (QED) is 0.541. The van der Waals surface area contributed by atoms with Gasteiger partial charge in [-0.2, -0.15) is 0 Å². The van der Waals surface area contributed by atoms with Crippen molar-refractivity contribution in [3.63, 3.8) is 0 Å². The maximum atomic E-state index is 12.8. The van der Waals surface area contributed by atoms with Crippen LogP contribution in [0.2, 0.25) is 0 Å². The lowest BCUT2D eigenvalue weighted by molar-refractivity contribution is -0.128. The monoisotopic (exact) mass is 444 g/mol. The number of benzene rings is 3. The van der Waals surface area contributed by atoms with Crippen LogP contribution in [0.4, 0.5) is 0 Å². The smallest absolute Gasteiger partial charge is 0.251 e. The minimum atomic E-state index is -0.0969. The van der Waals surface area contributed by atoms with Gasteiger partial charge in [-0.3, -0.25) is 9.59 Å². The summed E-state index contributed by atoms with van der Waals surface area (Å²) in [6.45, 7) is 6.74. The summed E-state index contributed by atoms with van der Waals surface area (Å²) in [6.07, 6.45) is 0. The van der Waals surface area contributed by atoms with Gasteiger partial charge in [-0.1, -0.05) is 66.2 Å². The molecule has 1 heterocycles. The van der Waals surface area contributed by atoms with E-state index in [0.717, 1.165) is 16.7 Å². The van der Waals surface area contributed by atoms with Gasteiger partial charge >= 0.3 is 0 Å². The fourth-order valence-corrected chi connectivity index (χ4v) is 5.34. The van der Waals surface area contributed by atoms with Crippen molar-refractivity contribution in [2.75, 3.05) is 5.75 Å². The lowest BCUT2D eigenvalue weighted by Gasteiger charge is -2.24. The van der Waals surface area contributed by atoms with Gasteiger partial charge in [0.1, 0.15) is 5.37 Å². The Morgan fingerprint density at radius 1 is 1.06 bits per heavy atom. The zero-order valence-corrected chi connectivity index (χ0v) is 19.5. The van der Waals surface area contributed by atoms with E-state index in [1.54, 1.807) is 11.8 Å². The third-order valence-corrected chi connectivity index (χ3v) is 7.12. The van der Waals surface area contributed by atoms with Crippen molar-refractivity contribution in [1.82, 2.24) is 10.2 Å². The average Bonchev–Trinajstić information content (AvgIpc) is 3.14. The Kier molecular flexibility index (Phi) is 6.66. The van der Waals surface area contributed by atoms with Crippen molar-refractivity contribution >= 4 is 23.6 Å². The highest BCUT2D eigenvalue weighted by molar-refractivity contribution is 8.00. The molecule has 32 heavy (non-hydrogen) atoms. The molecular weight excluding hydrogens is 416 g/mol. The SMILES string of the molecule is Cc1ccc([C@@H](C)NC(=O)c2ccc([C@@H]3SCC(=O)N3Cc3ccccc3)cc2)c(C)c1. The first kappa shape index (κ1) is 22.2. The molecule has 1 fully saturated rings. The van der Waals surface area contributed by atoms with E-state index >= 15 is 0 Å². The Bertz CT molecular complexity index is 1110. The maximum absolute atomic E-state index is 12.8. The molecule has 3 aromatic rings. The average molecular weight is 445 g/mol. The van der Waals surface area contributed by atoms with Crippen molar-refractivity contribution in [2.45, 2.75) is 38.7 Å². The second-order valence-electron chi connectivity index (χ2n) is 8.35. The summed E-state index contributed by atoms with van der Waals surface area (Å²) in [4.78, 5) is 27.2. The molecular formula is C27H28N2O2S. The van der Waals surface area contributed by atoms with Crippen LogP contribution in [0, 0.1) is 13.8 Å². The van der Waals surface area contributed by atoms with Gasteiger partial charge in [0.05, 0.1) is 11.8 Å². The lowest BCUT2D eigenvalue weighted by Crippen LogP contribution is -2.28. The normalized spacial score (nSPS) is 16.8. The van der Waals surface area contributed by atoms with Crippen molar-refractivity contribution in [3.8, 4) is 0 Å². The highest BCUT2D eigenvalue weighted by atomic mass is 32.2. The molecule has 0 unspecified atom stereocenters. The molecule has 1 N–H and O–H groups in total. The molecule has 0 radical (unpaired) electrons. The van der Waals surface area contributed by atoms with E-state index in [2.05, 4.69) is 37.4 Å². The van der Waals surface area contributed by atoms with E-state index in [1.165, 1.54) is 11.1 Å². The van der Waals surface area contributed by atoms with Crippen LogP contribution < -0.4 is 5.32 Å². The van der Waals surface area contributed by atoms with E-state index in [9.17, 15) is 9.59 Å². The van der Waals surface area contributed by atoms with Crippen LogP contribution in [0.3, 0.4) is 0 Å². The standard InChI is InChI=1S/C27H28N2O2S/c1-18-9-14-24(19(2)15-18)20(3)28-26(31)22-10-12-23(13-11-22)27-29(25(30)17-32-27)16-21-7-5-4-6-8-21/h4-15,20,27H,16-17H2,1-3H3,(H,28,31)/t20-,27+/m1/s1. The van der Waals surface area contributed by atoms with Crippen LogP contribution in [-0.2, 0) is 11.3 Å². The predicted molar refractivity (Wildman–Crippen MR) is 130 cm³/mol. The van der Waals surface area contributed by atoms with Crippen molar-refractivity contribution in [2.24, 2.45) is 0 Å². The Morgan fingerprint density at radius 3 is 2.47 bits per heavy atom. The molecule has 0 aliphatic carbocycles. The zero-order valence-electron chi connectivity index (χ0n) is 18.7. The number of nitrogens with one attached hydrogen (secondary N) is 1. The number of carbonyl (C=O) groups excluding carboxylic acids is 2. The fourth-order valence-electron chi connectivity index (χ4n) is 4.15. The van der Waals surface area contributed by atoms with Gasteiger partial charge in [0.2, 0.25) is 5.91 Å². The van der Waals surface area contributed by atoms with Gasteiger partial charge < -0.3 is 10.2 Å². The topological polar surface area (TPSA) is 49.4 Å². The summed E-state index contributed by atoms with van der Waals surface area (Å²) in [7, 11) is 0. The van der Waals surface area contributed by atoms with E-state index in [1.807, 2.05) is 66.4 Å². The van der Waals surface area contributed by atoms with Crippen molar-refractivity contribution < 1.29 is 9.59 Å². The number of carbonyl (C=O) groups is 2. The first-order chi connectivity index (χ1) is 15.4. The summed E-state index contributed by atoms with van der Waals surface area (Å²) < 4.78 is 0. The largest absolute Gasteiger partial charge is 0.346 e. The number of aryl methyl sites for hydroxylation is 2. The molecule has 1 aliphatic rings. The molecule has 164 valence electrons. The van der Waals surface area contributed by atoms with Crippen LogP contribution in [0.25, 0.3) is 0 Å². The molecule has 0 aromatic heterocycles. The number of amides is 2. The molecule has 0 saturated carbocycles. The molecule has 4 nitrogen and oxygen atoms in total. The first-order valence-electron chi connectivity index (χ1n) is 10.9. The summed E-state index contributed by atoms with van der Waals surface area (Å²) in [5.41, 5.74) is 6.28. The molecule has 5 heteroatoms. The molecule has 1 saturated heterocycles. The van der Waals surface area contributed by atoms with Gasteiger partial charge in [0.15, 0.2) is 0 Å². The Hall–Kier alpha value is -3.05. The Balaban J connectivity index is 1.45. The second kappa shape index (κ2) is 9.61. The molecule has 1 aliphatic heterocycles. The highest BCUT2D eigenvalue weighted by Crippen LogP contribution is 2.39. The fraction of sp³-hybridized carbons (Fsp3) is 0.259. The predicted octanol–water partition coefficient (Wildman–Crippen LogP) is 5.57. The summed E-state index contributed by atoms with van der Waals surface area (Å²) in [6, 6.07) is 23.9. The van der Waals surface area contributed by atoms with Crippen LogP contribution in [0.15, 0.2) is 72.8 Å². The van der Waals surface area contributed by atoms with E-state index in [-0.39, 0.29) is 23.2 Å². The molecule has 4 rings (SSSR count). The van der Waals surface area contributed by atoms with Gasteiger partial charge in [-0.05, 0) is 55.2 Å². The van der Waals surface area contributed by atoms with Crippen LogP contribution >= 0.6 is 11.8 Å². The second-order valence-corrected chi connectivity index (χ2v) is 9.42. The van der Waals surface area contributed by atoms with E-state index < -0.39 is 0 Å². The van der Waals surface area contributed by atoms with Crippen molar-refractivity contribution in [3.05, 3.63) is 106 Å². The van der Waals surface area contributed by atoms with Crippen molar-refractivity contribution in [1.29, 1.82) is 0 Å². The summed E-state index contributed by atoms with van der Waals surface area (Å²) in [5.74, 6) is 0.529. The Labute approximate surface area is 194 Å². The van der Waals surface area contributed by atoms with Gasteiger partial charge in [-0.15, -0.1) is 11.8 Å². The lowest BCUT2D eigenvalue weighted by atomic mass is 10.00. The van der Waals surface area contributed by atoms with Gasteiger partial charge in [0.25, 0.3) is 5.91 Å². The molecule has 2 atom stereocenters. The molecule has 0 spiro atoms. The minimum Gasteiger partial charge on any atom is -0.346 e. The number of thioether (sulfide) groups is 1. The van der Waals surface area contributed by atoms with Crippen LogP contribution in [0.5, 0.6) is 0 Å². The third kappa shape index (κ3) is 4.89. The highest BCUT2D eigenvalue weighted by Gasteiger charge is 2.32. The van der Waals surface area contributed by atoms with Gasteiger partial charge in [-0.25, -0.2) is 0 Å². The summed E-state index contributed by atoms with van der Waals surface area (Å²) >= 11 is 1.63. The van der Waals surface area contributed by atoms with E-state index in [4.69, 9.17) is 0 Å². The number of nitrogens with zero attached hydrogens (tertiary/aromatic N) is 1. The van der Waals surface area contributed by atoms with E-state index in [0.29, 0.717) is 17.9 Å². The summed E-state index contributed by atoms with van der Waals surface area (Å²) in [5, 5.41) is 3.07. The molecule has 3 aromatic carbocycles. The first-order valence-corrected chi connectivity index (χ1v) is 11.9. The molecule has 0 bridgehead atoms. The Morgan fingerprint density at radius 2 is 1.78 bits per heavy atom. The third-order valence-electron chi connectivity index (χ3n) is 5.86. The number of hydrogen-bond acceptors (Lipinski definition) is 3. The van der Waals surface area contributed by atoms with Gasteiger partial charge in [0, 0.05) is 12.1 Å². The number of hydrogen-bond donors (Lipinski definition) is 1. The van der Waals surface area contributed by atoms with Crippen LogP contribution in [0.1, 0.15) is 56.5 Å². The van der Waals surface area contributed by atoms with Crippen LogP contribution in [-0.4, -0.2) is 22.5 Å². The molecule has 2 amide bonds. The maximum Gasteiger partial charge on any atom is 0.251 e.